The average molecular weight is 671 g/mol. The summed E-state index contributed by atoms with van der Waals surface area (Å²) in [4.78, 5) is 9.93. The molecule has 0 amide bonds. The lowest BCUT2D eigenvalue weighted by molar-refractivity contribution is -0.870. The molecule has 0 aromatic heterocycles. The van der Waals surface area contributed by atoms with Crippen LogP contribution in [0.5, 0.6) is 0 Å². The molecule has 0 aromatic rings. The molecule has 3 aliphatic heterocycles. The van der Waals surface area contributed by atoms with Crippen LogP contribution in [-0.4, -0.2) is 207 Å². The standard InChI is InChI=1S/C23H44NO19P/c1-24(2,3)4-5-39-44(35,36)40-8-11-14(27)17(30)20(33)23(43-11)38-7-10-13(26)16(29)19(32)22(42-10)37-6-9-12(25)15(28)18(31)21(34)41-9/h9-23,25-34H,4-8H2,1-3H3/p+1/t9-,10-,11-,12+,13+,14+,15+,16+,17+,18-,19-,20-,21-,22-,23-/m1/s1. The Morgan fingerprint density at radius 3 is 1.43 bits per heavy atom. The van der Waals surface area contributed by atoms with Crippen LogP contribution in [-0.2, 0) is 37.3 Å². The first kappa shape index (κ1) is 37.9. The number of phosphoric ester groups is 1. The van der Waals surface area contributed by atoms with E-state index >= 15 is 0 Å². The molecule has 0 aliphatic carbocycles. The third-order valence-electron chi connectivity index (χ3n) is 7.29. The number of hydrogen-bond donors (Lipinski definition) is 11. The quantitative estimate of drug-likeness (QED) is 0.0641. The second-order valence-corrected chi connectivity index (χ2v) is 13.3. The number of aliphatic hydroxyl groups excluding tert-OH is 10. The molecule has 0 spiro atoms. The van der Waals surface area contributed by atoms with Gasteiger partial charge in [0, 0.05) is 0 Å². The molecular formula is C23H45NO19P+. The third kappa shape index (κ3) is 9.75. The van der Waals surface area contributed by atoms with Crippen LogP contribution >= 0.6 is 7.82 Å². The lowest BCUT2D eigenvalue weighted by Crippen LogP contribution is -2.62. The first-order chi connectivity index (χ1) is 20.3. The zero-order valence-electron chi connectivity index (χ0n) is 24.3. The molecule has 3 fully saturated rings. The molecule has 3 aliphatic rings. The fourth-order valence-electron chi connectivity index (χ4n) is 4.47. The van der Waals surface area contributed by atoms with Gasteiger partial charge in [0.1, 0.15) is 86.4 Å². The van der Waals surface area contributed by atoms with Gasteiger partial charge in [-0.1, -0.05) is 0 Å². The van der Waals surface area contributed by atoms with E-state index < -0.39 is 120 Å². The summed E-state index contributed by atoms with van der Waals surface area (Å²) in [5.74, 6) is 0. The Labute approximate surface area is 252 Å². The molecule has 16 atom stereocenters. The fraction of sp³-hybridized carbons (Fsp3) is 1.00. The number of likely N-dealkylation sites (N-methyl/N-ethyl adjacent to an activating group) is 1. The van der Waals surface area contributed by atoms with Crippen LogP contribution in [0.15, 0.2) is 0 Å². The first-order valence-electron chi connectivity index (χ1n) is 13.8. The van der Waals surface area contributed by atoms with Gasteiger partial charge in [0.05, 0.1) is 41.0 Å². The zero-order valence-corrected chi connectivity index (χ0v) is 25.2. The van der Waals surface area contributed by atoms with Gasteiger partial charge in [-0.05, 0) is 0 Å². The molecule has 20 nitrogen and oxygen atoms in total. The Bertz CT molecular complexity index is 944. The number of phosphoric acid groups is 1. The highest BCUT2D eigenvalue weighted by Gasteiger charge is 2.49. The topological polar surface area (TPSA) is 304 Å². The van der Waals surface area contributed by atoms with E-state index in [1.165, 1.54) is 0 Å². The maximum Gasteiger partial charge on any atom is 0.472 e. The van der Waals surface area contributed by atoms with E-state index in [2.05, 4.69) is 0 Å². The Kier molecular flexibility index (Phi) is 13.4. The molecule has 3 rings (SSSR count). The van der Waals surface area contributed by atoms with Crippen LogP contribution in [0.1, 0.15) is 0 Å². The highest BCUT2D eigenvalue weighted by molar-refractivity contribution is 7.47. The zero-order chi connectivity index (χ0) is 33.1. The summed E-state index contributed by atoms with van der Waals surface area (Å²) < 4.78 is 49.0. The third-order valence-corrected chi connectivity index (χ3v) is 8.28. The molecule has 0 bridgehead atoms. The Balaban J connectivity index is 1.56. The molecule has 44 heavy (non-hydrogen) atoms. The van der Waals surface area contributed by atoms with E-state index in [4.69, 9.17) is 32.7 Å². The van der Waals surface area contributed by atoms with Crippen molar-refractivity contribution >= 4 is 7.82 Å². The molecule has 11 N–H and O–H groups in total. The van der Waals surface area contributed by atoms with E-state index in [9.17, 15) is 60.5 Å². The van der Waals surface area contributed by atoms with Crippen molar-refractivity contribution in [3.8, 4) is 0 Å². The van der Waals surface area contributed by atoms with Gasteiger partial charge in [-0.2, -0.15) is 0 Å². The van der Waals surface area contributed by atoms with Crippen molar-refractivity contribution in [3.05, 3.63) is 0 Å². The summed E-state index contributed by atoms with van der Waals surface area (Å²) in [6, 6.07) is 0. The van der Waals surface area contributed by atoms with Crippen molar-refractivity contribution in [1.29, 1.82) is 0 Å². The molecule has 0 saturated carbocycles. The molecule has 3 heterocycles. The number of aliphatic hydroxyl groups is 10. The molecule has 3 saturated heterocycles. The second kappa shape index (κ2) is 15.6. The smallest absolute Gasteiger partial charge is 0.387 e. The number of rotatable bonds is 13. The van der Waals surface area contributed by atoms with Gasteiger partial charge in [-0.25, -0.2) is 4.57 Å². The Morgan fingerprint density at radius 2 is 0.977 bits per heavy atom. The van der Waals surface area contributed by atoms with Crippen LogP contribution in [0.25, 0.3) is 0 Å². The Hall–Kier alpha value is -0.530. The van der Waals surface area contributed by atoms with Crippen LogP contribution in [0.4, 0.5) is 0 Å². The summed E-state index contributed by atoms with van der Waals surface area (Å²) in [5.41, 5.74) is 0. The van der Waals surface area contributed by atoms with E-state index in [1.807, 2.05) is 21.1 Å². The van der Waals surface area contributed by atoms with Crippen LogP contribution in [0.2, 0.25) is 0 Å². The molecule has 21 heteroatoms. The van der Waals surface area contributed by atoms with Gasteiger partial charge in [0.15, 0.2) is 18.9 Å². The van der Waals surface area contributed by atoms with Gasteiger partial charge in [0.25, 0.3) is 0 Å². The van der Waals surface area contributed by atoms with Crippen LogP contribution in [0, 0.1) is 0 Å². The van der Waals surface area contributed by atoms with Gasteiger partial charge < -0.3 is 84.1 Å². The number of hydrogen-bond acceptors (Lipinski definition) is 18. The normalized spacial score (nSPS) is 45.2. The van der Waals surface area contributed by atoms with Crippen LogP contribution in [0.3, 0.4) is 0 Å². The highest BCUT2D eigenvalue weighted by Crippen LogP contribution is 2.43. The summed E-state index contributed by atoms with van der Waals surface area (Å²) in [5, 5.41) is 101. The van der Waals surface area contributed by atoms with Crippen molar-refractivity contribution in [2.45, 2.75) is 92.1 Å². The van der Waals surface area contributed by atoms with Crippen LogP contribution < -0.4 is 0 Å². The van der Waals surface area contributed by atoms with Crippen molar-refractivity contribution in [2.75, 3.05) is 54.1 Å². The molecule has 1 unspecified atom stereocenters. The molecular weight excluding hydrogens is 625 g/mol. The van der Waals surface area contributed by atoms with E-state index in [-0.39, 0.29) is 6.61 Å². The van der Waals surface area contributed by atoms with E-state index in [1.54, 1.807) is 0 Å². The highest BCUT2D eigenvalue weighted by atomic mass is 31.2. The fourth-order valence-corrected chi connectivity index (χ4v) is 5.19. The predicted molar refractivity (Wildman–Crippen MR) is 139 cm³/mol. The number of quaternary nitrogens is 1. The predicted octanol–water partition coefficient (Wildman–Crippen LogP) is -6.73. The molecule has 260 valence electrons. The number of ether oxygens (including phenoxy) is 5. The minimum Gasteiger partial charge on any atom is -0.387 e. The number of nitrogens with zero attached hydrogens (tertiary/aromatic N) is 1. The SMILES string of the molecule is C[N+](C)(C)CCOP(=O)(O)OC[C@H]1O[C@@H](OC[C@H]2O[C@@H](OC[C@H]3O[C@@H](O)[C@H](O)[C@@H](O)[C@H]3O)[C@H](O)[C@@H](O)[C@H]2O)[C@H](O)[C@@H](O)[C@H]1O. The van der Waals surface area contributed by atoms with Crippen molar-refractivity contribution < 1.29 is 97.7 Å². The summed E-state index contributed by atoms with van der Waals surface area (Å²) in [6.07, 6.45) is -25.9. The summed E-state index contributed by atoms with van der Waals surface area (Å²) in [6.45, 7) is -1.81. The largest absolute Gasteiger partial charge is 0.472 e. The lowest BCUT2D eigenvalue weighted by Gasteiger charge is -2.43. The van der Waals surface area contributed by atoms with Crippen molar-refractivity contribution in [1.82, 2.24) is 0 Å². The second-order valence-electron chi connectivity index (χ2n) is 11.8. The molecule has 0 aromatic carbocycles. The summed E-state index contributed by atoms with van der Waals surface area (Å²) >= 11 is 0. The van der Waals surface area contributed by atoms with Gasteiger partial charge in [-0.3, -0.25) is 9.05 Å². The van der Waals surface area contributed by atoms with Crippen molar-refractivity contribution in [2.24, 2.45) is 0 Å². The van der Waals surface area contributed by atoms with Crippen molar-refractivity contribution in [3.63, 3.8) is 0 Å². The maximum absolute atomic E-state index is 12.2. The monoisotopic (exact) mass is 670 g/mol. The summed E-state index contributed by atoms with van der Waals surface area (Å²) in [7, 11) is 0.912. The van der Waals surface area contributed by atoms with E-state index in [0.29, 0.717) is 11.0 Å². The lowest BCUT2D eigenvalue weighted by atomic mass is 9.98. The average Bonchev–Trinajstić information content (AvgIpc) is 2.94. The van der Waals surface area contributed by atoms with E-state index in [0.717, 1.165) is 0 Å². The maximum atomic E-state index is 12.2. The minimum absolute atomic E-state index is 0.130. The van der Waals surface area contributed by atoms with Gasteiger partial charge >= 0.3 is 7.82 Å². The van der Waals surface area contributed by atoms with Gasteiger partial charge in [0.2, 0.25) is 0 Å². The minimum atomic E-state index is -4.59. The van der Waals surface area contributed by atoms with Gasteiger partial charge in [-0.15, -0.1) is 0 Å². The first-order valence-corrected chi connectivity index (χ1v) is 15.2. The Morgan fingerprint density at radius 1 is 0.568 bits per heavy atom. The molecule has 0 radical (unpaired) electrons.